The number of hydrogen-bond acceptors (Lipinski definition) is 4. The van der Waals surface area contributed by atoms with Gasteiger partial charge in [-0.3, -0.25) is 0 Å². The van der Waals surface area contributed by atoms with E-state index in [-0.39, 0.29) is 11.6 Å². The number of phenols is 1. The van der Waals surface area contributed by atoms with E-state index in [0.29, 0.717) is 5.69 Å². The highest BCUT2D eigenvalue weighted by atomic mass is 16.4. The second kappa shape index (κ2) is 3.24. The second-order valence-electron chi connectivity index (χ2n) is 3.75. The van der Waals surface area contributed by atoms with Crippen molar-refractivity contribution in [1.82, 2.24) is 14.8 Å². The lowest BCUT2D eigenvalue weighted by molar-refractivity contribution is 0.476. The Balaban J connectivity index is 2.31. The fourth-order valence-electron chi connectivity index (χ4n) is 1.88. The van der Waals surface area contributed by atoms with Gasteiger partial charge >= 0.3 is 5.76 Å². The second-order valence-corrected chi connectivity index (χ2v) is 3.75. The molecule has 1 aromatic carbocycles. The Morgan fingerprint density at radius 1 is 1.41 bits per heavy atom. The van der Waals surface area contributed by atoms with E-state index in [1.54, 1.807) is 24.3 Å². The molecule has 6 nitrogen and oxygen atoms in total. The first-order valence-electron chi connectivity index (χ1n) is 4.99. The van der Waals surface area contributed by atoms with Crippen molar-refractivity contribution >= 4 is 10.9 Å². The van der Waals surface area contributed by atoms with Crippen molar-refractivity contribution in [2.45, 2.75) is 0 Å². The third-order valence-corrected chi connectivity index (χ3v) is 2.68. The van der Waals surface area contributed by atoms with Crippen LogP contribution in [-0.2, 0) is 7.05 Å². The molecule has 0 aliphatic carbocycles. The van der Waals surface area contributed by atoms with E-state index < -0.39 is 5.76 Å². The molecule has 86 valence electrons. The van der Waals surface area contributed by atoms with Gasteiger partial charge in [0.25, 0.3) is 5.89 Å². The average molecular weight is 231 g/mol. The van der Waals surface area contributed by atoms with Gasteiger partial charge in [0.1, 0.15) is 11.4 Å². The molecule has 0 fully saturated rings. The van der Waals surface area contributed by atoms with Gasteiger partial charge in [-0.1, -0.05) is 0 Å². The highest BCUT2D eigenvalue weighted by Crippen LogP contribution is 2.27. The van der Waals surface area contributed by atoms with Crippen LogP contribution in [0.2, 0.25) is 0 Å². The Kier molecular flexibility index (Phi) is 1.85. The summed E-state index contributed by atoms with van der Waals surface area (Å²) in [7, 11) is 1.84. The van der Waals surface area contributed by atoms with Crippen LogP contribution in [0.5, 0.6) is 5.75 Å². The normalized spacial score (nSPS) is 11.1. The van der Waals surface area contributed by atoms with Crippen LogP contribution in [0.3, 0.4) is 0 Å². The van der Waals surface area contributed by atoms with Crippen LogP contribution in [0.4, 0.5) is 0 Å². The summed E-state index contributed by atoms with van der Waals surface area (Å²) in [5.74, 6) is -0.167. The van der Waals surface area contributed by atoms with Gasteiger partial charge in [-0.05, 0) is 24.3 Å². The molecular weight excluding hydrogens is 222 g/mol. The third kappa shape index (κ3) is 1.42. The topological polar surface area (TPSA) is 84.0 Å². The molecule has 6 heteroatoms. The molecule has 0 atom stereocenters. The summed E-state index contributed by atoms with van der Waals surface area (Å²) >= 11 is 0. The van der Waals surface area contributed by atoms with E-state index in [2.05, 4.69) is 10.2 Å². The Morgan fingerprint density at radius 3 is 2.94 bits per heavy atom. The Labute approximate surface area is 95.1 Å². The predicted molar refractivity (Wildman–Crippen MR) is 60.7 cm³/mol. The molecule has 0 aliphatic rings. The zero-order chi connectivity index (χ0) is 12.0. The summed E-state index contributed by atoms with van der Waals surface area (Å²) in [5.41, 5.74) is 1.59. The molecule has 0 saturated carbocycles. The van der Waals surface area contributed by atoms with Gasteiger partial charge in [-0.2, -0.15) is 0 Å². The number of nitrogens with one attached hydrogen (secondary N) is 1. The molecule has 0 aliphatic heterocycles. The maximum atomic E-state index is 10.9. The molecule has 0 bridgehead atoms. The molecule has 2 heterocycles. The molecule has 17 heavy (non-hydrogen) atoms. The first-order chi connectivity index (χ1) is 8.15. The minimum Gasteiger partial charge on any atom is -0.508 e. The van der Waals surface area contributed by atoms with Crippen molar-refractivity contribution < 1.29 is 9.52 Å². The number of fused-ring (bicyclic) bond motifs is 1. The zero-order valence-corrected chi connectivity index (χ0v) is 8.97. The predicted octanol–water partition coefficient (Wildman–Crippen LogP) is 1.23. The highest BCUT2D eigenvalue weighted by molar-refractivity contribution is 5.86. The van der Waals surface area contributed by atoms with Gasteiger partial charge in [0.2, 0.25) is 0 Å². The number of aromatic nitrogens is 3. The van der Waals surface area contributed by atoms with Gasteiger partial charge < -0.3 is 14.1 Å². The van der Waals surface area contributed by atoms with Crippen molar-refractivity contribution in [3.8, 4) is 17.3 Å². The number of phenolic OH excluding ortho intramolecular Hbond substituents is 1. The summed E-state index contributed by atoms with van der Waals surface area (Å²) in [5, 5.41) is 16.2. The number of benzene rings is 1. The summed E-state index contributed by atoms with van der Waals surface area (Å²) in [6.07, 6.45) is 0. The van der Waals surface area contributed by atoms with E-state index in [0.717, 1.165) is 10.9 Å². The Bertz CT molecular complexity index is 751. The fourth-order valence-corrected chi connectivity index (χ4v) is 1.88. The van der Waals surface area contributed by atoms with E-state index >= 15 is 0 Å². The Hall–Kier alpha value is -2.50. The summed E-state index contributed by atoms with van der Waals surface area (Å²) in [6.45, 7) is 0. The zero-order valence-electron chi connectivity index (χ0n) is 8.97. The minimum absolute atomic E-state index is 0.193. The van der Waals surface area contributed by atoms with Crippen LogP contribution in [0.15, 0.2) is 33.5 Å². The standard InChI is InChI=1S/C11H9N3O3/c1-14-8-3-2-7(15)4-6(8)5-9(14)10-12-13-11(16)17-10/h2-5,15H,1H3,(H,13,16). The number of aromatic amines is 1. The monoisotopic (exact) mass is 231 g/mol. The van der Waals surface area contributed by atoms with Crippen LogP contribution in [0.25, 0.3) is 22.5 Å². The van der Waals surface area contributed by atoms with Gasteiger partial charge in [0.05, 0.1) is 0 Å². The van der Waals surface area contributed by atoms with E-state index in [4.69, 9.17) is 4.42 Å². The molecule has 3 aromatic rings. The van der Waals surface area contributed by atoms with Crippen molar-refractivity contribution in [3.05, 3.63) is 34.8 Å². The van der Waals surface area contributed by atoms with Crippen molar-refractivity contribution in [3.63, 3.8) is 0 Å². The number of nitrogens with zero attached hydrogens (tertiary/aromatic N) is 2. The lowest BCUT2D eigenvalue weighted by atomic mass is 10.2. The van der Waals surface area contributed by atoms with Gasteiger partial charge in [-0.15, -0.1) is 5.10 Å². The minimum atomic E-state index is -0.590. The van der Waals surface area contributed by atoms with Crippen molar-refractivity contribution in [2.24, 2.45) is 7.05 Å². The van der Waals surface area contributed by atoms with Crippen LogP contribution in [0, 0.1) is 0 Å². The molecule has 0 saturated heterocycles. The molecule has 3 rings (SSSR count). The lowest BCUT2D eigenvalue weighted by Gasteiger charge is -1.99. The number of hydrogen-bond donors (Lipinski definition) is 2. The maximum Gasteiger partial charge on any atom is 0.434 e. The SMILES string of the molecule is Cn1c(-c2n[nH]c(=O)o2)cc2cc(O)ccc21. The quantitative estimate of drug-likeness (QED) is 0.659. The number of aryl methyl sites for hydroxylation is 1. The van der Waals surface area contributed by atoms with Gasteiger partial charge in [0, 0.05) is 18.0 Å². The molecular formula is C11H9N3O3. The van der Waals surface area contributed by atoms with Crippen molar-refractivity contribution in [1.29, 1.82) is 0 Å². The molecule has 0 amide bonds. The first kappa shape index (κ1) is 9.71. The maximum absolute atomic E-state index is 10.9. The van der Waals surface area contributed by atoms with Gasteiger partial charge in [-0.25, -0.2) is 9.89 Å². The van der Waals surface area contributed by atoms with Crippen LogP contribution in [0.1, 0.15) is 0 Å². The largest absolute Gasteiger partial charge is 0.508 e. The number of aromatic hydroxyl groups is 1. The molecule has 2 aromatic heterocycles. The van der Waals surface area contributed by atoms with Crippen molar-refractivity contribution in [2.75, 3.05) is 0 Å². The lowest BCUT2D eigenvalue weighted by Crippen LogP contribution is -1.94. The van der Waals surface area contributed by atoms with Crippen LogP contribution >= 0.6 is 0 Å². The smallest absolute Gasteiger partial charge is 0.434 e. The average Bonchev–Trinajstić information content (AvgIpc) is 2.83. The molecule has 0 spiro atoms. The molecule has 0 unspecified atom stereocenters. The van der Waals surface area contributed by atoms with E-state index in [9.17, 15) is 9.90 Å². The summed E-state index contributed by atoms with van der Waals surface area (Å²) in [6, 6.07) is 6.84. The first-order valence-corrected chi connectivity index (χ1v) is 4.99. The summed E-state index contributed by atoms with van der Waals surface area (Å²) < 4.78 is 6.75. The Morgan fingerprint density at radius 2 is 2.24 bits per heavy atom. The number of rotatable bonds is 1. The van der Waals surface area contributed by atoms with Crippen LogP contribution in [-0.4, -0.2) is 19.9 Å². The molecule has 0 radical (unpaired) electrons. The summed E-state index contributed by atoms with van der Waals surface area (Å²) in [4.78, 5) is 10.9. The van der Waals surface area contributed by atoms with Crippen LogP contribution < -0.4 is 5.76 Å². The van der Waals surface area contributed by atoms with E-state index in [1.807, 2.05) is 11.6 Å². The molecule has 2 N–H and O–H groups in total. The van der Waals surface area contributed by atoms with Gasteiger partial charge in [0.15, 0.2) is 0 Å². The van der Waals surface area contributed by atoms with E-state index in [1.165, 1.54) is 0 Å². The highest BCUT2D eigenvalue weighted by Gasteiger charge is 2.12. The third-order valence-electron chi connectivity index (χ3n) is 2.68. The fraction of sp³-hybridized carbons (Fsp3) is 0.0909. The number of H-pyrrole nitrogens is 1.